The number of nitrogens with zero attached hydrogens (tertiary/aromatic N) is 2. The number of aromatic hydroxyl groups is 2. The van der Waals surface area contributed by atoms with Gasteiger partial charge >= 0.3 is 12.3 Å². The van der Waals surface area contributed by atoms with E-state index in [1.54, 1.807) is 30.3 Å². The lowest BCUT2D eigenvalue weighted by atomic mass is 9.99. The van der Waals surface area contributed by atoms with E-state index < -0.39 is 54.8 Å². The number of hydrogen-bond acceptors (Lipinski definition) is 7. The number of aromatic nitrogens is 2. The molecular weight excluding hydrogens is 525 g/mol. The highest BCUT2D eigenvalue weighted by Gasteiger charge is 2.45. The van der Waals surface area contributed by atoms with Crippen LogP contribution < -0.4 is 16.2 Å². The summed E-state index contributed by atoms with van der Waals surface area (Å²) in [6, 6.07) is 11.4. The highest BCUT2D eigenvalue weighted by Crippen LogP contribution is 2.23. The van der Waals surface area contributed by atoms with Crippen LogP contribution in [0.1, 0.15) is 13.8 Å². The van der Waals surface area contributed by atoms with Crippen LogP contribution in [0.25, 0.3) is 11.3 Å². The first-order chi connectivity index (χ1) is 18.3. The van der Waals surface area contributed by atoms with Crippen molar-refractivity contribution < 1.29 is 42.5 Å². The number of carbonyl (C=O) groups excluding carboxylic acids is 3. The summed E-state index contributed by atoms with van der Waals surface area (Å²) in [5.74, 6) is -4.83. The zero-order valence-electron chi connectivity index (χ0n) is 20.7. The third-order valence-electron chi connectivity index (χ3n) is 5.59. The van der Waals surface area contributed by atoms with Crippen LogP contribution in [0.5, 0.6) is 11.8 Å². The van der Waals surface area contributed by atoms with Crippen molar-refractivity contribution in [2.24, 2.45) is 5.92 Å². The number of ether oxygens (including phenoxy) is 1. The fourth-order valence-corrected chi connectivity index (χ4v) is 3.61. The molecular formula is C25H25F3N4O7. The molecule has 0 saturated heterocycles. The van der Waals surface area contributed by atoms with E-state index in [4.69, 9.17) is 4.74 Å². The average Bonchev–Trinajstić information content (AvgIpc) is 3.20. The number of halogens is 3. The van der Waals surface area contributed by atoms with E-state index >= 15 is 0 Å². The summed E-state index contributed by atoms with van der Waals surface area (Å²) in [6.45, 7) is 1.30. The summed E-state index contributed by atoms with van der Waals surface area (Å²) in [5.41, 5.74) is -0.527. The van der Waals surface area contributed by atoms with E-state index in [2.05, 4.69) is 10.6 Å². The summed E-state index contributed by atoms with van der Waals surface area (Å²) in [6.07, 6.45) is -6.31. The number of Topliss-reactive ketones (excluding diaryl/α,β-unsaturated/α-hetero) is 1. The fraction of sp³-hybridized carbons (Fsp3) is 0.280. The molecule has 208 valence electrons. The van der Waals surface area contributed by atoms with Crippen LogP contribution in [-0.4, -0.2) is 49.3 Å². The molecule has 0 fully saturated rings. The van der Waals surface area contributed by atoms with Crippen molar-refractivity contribution in [3.63, 3.8) is 0 Å². The highest BCUT2D eigenvalue weighted by atomic mass is 19.4. The Morgan fingerprint density at radius 1 is 0.949 bits per heavy atom. The number of anilines is 1. The molecule has 1 aromatic carbocycles. The van der Waals surface area contributed by atoms with Gasteiger partial charge in [0.25, 0.3) is 11.3 Å². The number of alkyl halides is 3. The van der Waals surface area contributed by atoms with Gasteiger partial charge in [0.2, 0.25) is 5.91 Å². The first-order valence-electron chi connectivity index (χ1n) is 11.5. The Bertz CT molecular complexity index is 1400. The fourth-order valence-electron chi connectivity index (χ4n) is 3.61. The van der Waals surface area contributed by atoms with Crippen molar-refractivity contribution >= 4 is 23.5 Å². The van der Waals surface area contributed by atoms with Gasteiger partial charge in [0, 0.05) is 12.1 Å². The van der Waals surface area contributed by atoms with Crippen molar-refractivity contribution in [3.05, 3.63) is 65.0 Å². The van der Waals surface area contributed by atoms with Crippen LogP contribution >= 0.6 is 0 Å². The minimum atomic E-state index is -5.17. The molecule has 3 aromatic rings. The second-order valence-electron chi connectivity index (χ2n) is 8.70. The molecule has 3 rings (SSSR count). The first-order valence-corrected chi connectivity index (χ1v) is 11.5. The number of pyridine rings is 1. The Balaban J connectivity index is 1.88. The molecule has 0 aliphatic rings. The van der Waals surface area contributed by atoms with E-state index in [-0.39, 0.29) is 23.1 Å². The lowest BCUT2D eigenvalue weighted by Gasteiger charge is -2.23. The smallest absolute Gasteiger partial charge is 0.452 e. The molecule has 11 nitrogen and oxygen atoms in total. The molecule has 0 saturated carbocycles. The number of rotatable bonds is 9. The average molecular weight is 550 g/mol. The molecule has 2 amide bonds. The van der Waals surface area contributed by atoms with Crippen LogP contribution in [0.4, 0.5) is 23.7 Å². The standard InChI is InChI=1S/C25H25F3N4O7/c1-14(2)21(22(36)25(26,27)28)30-18(33)12-31-17(15-6-4-3-5-7-15)9-8-16(23(31)37)29-24(38)39-13-32-19(34)10-11-20(32)35/h3-11,14,21,34-35H,12-13H2,1-2H3,(H,29,38)(H,30,33). The molecule has 39 heavy (non-hydrogen) atoms. The van der Waals surface area contributed by atoms with Gasteiger partial charge in [-0.25, -0.2) is 9.36 Å². The van der Waals surface area contributed by atoms with Gasteiger partial charge in [0.15, 0.2) is 18.5 Å². The van der Waals surface area contributed by atoms with Crippen LogP contribution in [0.2, 0.25) is 0 Å². The van der Waals surface area contributed by atoms with E-state index in [1.165, 1.54) is 26.0 Å². The lowest BCUT2D eigenvalue weighted by Crippen LogP contribution is -2.50. The Hall–Kier alpha value is -4.75. The molecule has 0 bridgehead atoms. The maximum atomic E-state index is 13.3. The highest BCUT2D eigenvalue weighted by molar-refractivity contribution is 5.93. The Morgan fingerprint density at radius 2 is 1.56 bits per heavy atom. The molecule has 14 heteroatoms. The summed E-state index contributed by atoms with van der Waals surface area (Å²) >= 11 is 0. The van der Waals surface area contributed by atoms with Gasteiger partial charge in [0.05, 0.1) is 11.7 Å². The SMILES string of the molecule is CC(C)C(NC(=O)Cn1c(-c2ccccc2)ccc(NC(=O)OCn2c(O)ccc2O)c1=O)C(=O)C(F)(F)F. The van der Waals surface area contributed by atoms with Crippen LogP contribution in [0, 0.1) is 5.92 Å². The Kier molecular flexibility index (Phi) is 8.68. The zero-order chi connectivity index (χ0) is 28.9. The number of carbonyl (C=O) groups is 3. The third kappa shape index (κ3) is 6.97. The van der Waals surface area contributed by atoms with Crippen molar-refractivity contribution in [2.75, 3.05) is 5.32 Å². The molecule has 1 atom stereocenters. The summed E-state index contributed by atoms with van der Waals surface area (Å²) in [5, 5.41) is 23.5. The molecule has 0 radical (unpaired) electrons. The van der Waals surface area contributed by atoms with Gasteiger partial charge in [0.1, 0.15) is 12.2 Å². The molecule has 2 heterocycles. The van der Waals surface area contributed by atoms with E-state index in [0.717, 1.165) is 21.3 Å². The first kappa shape index (κ1) is 28.8. The maximum Gasteiger partial charge on any atom is 0.452 e. The van der Waals surface area contributed by atoms with Crippen molar-refractivity contribution in [3.8, 4) is 23.0 Å². The normalized spacial score (nSPS) is 12.2. The van der Waals surface area contributed by atoms with Crippen molar-refractivity contribution in [1.29, 1.82) is 0 Å². The topological polar surface area (TPSA) is 152 Å². The number of amides is 2. The van der Waals surface area contributed by atoms with Gasteiger partial charge in [-0.15, -0.1) is 0 Å². The van der Waals surface area contributed by atoms with Crippen molar-refractivity contribution in [1.82, 2.24) is 14.5 Å². The minimum absolute atomic E-state index is 0.208. The summed E-state index contributed by atoms with van der Waals surface area (Å²) in [4.78, 5) is 50.1. The Labute approximate surface area is 219 Å². The van der Waals surface area contributed by atoms with Crippen LogP contribution in [-0.2, 0) is 27.6 Å². The van der Waals surface area contributed by atoms with Gasteiger partial charge in [-0.2, -0.15) is 13.2 Å². The predicted octanol–water partition coefficient (Wildman–Crippen LogP) is 3.21. The van der Waals surface area contributed by atoms with Gasteiger partial charge in [-0.05, 0) is 23.6 Å². The van der Waals surface area contributed by atoms with Crippen LogP contribution in [0.15, 0.2) is 59.4 Å². The van der Waals surface area contributed by atoms with Gasteiger partial charge < -0.3 is 20.3 Å². The molecule has 0 aliphatic carbocycles. The second-order valence-corrected chi connectivity index (χ2v) is 8.70. The van der Waals surface area contributed by atoms with Crippen molar-refractivity contribution in [2.45, 2.75) is 39.3 Å². The maximum absolute atomic E-state index is 13.3. The number of nitrogens with one attached hydrogen (secondary N) is 2. The van der Waals surface area contributed by atoms with E-state index in [0.29, 0.717) is 5.56 Å². The number of hydrogen-bond donors (Lipinski definition) is 4. The molecule has 2 aromatic heterocycles. The number of benzene rings is 1. The summed E-state index contributed by atoms with van der Waals surface area (Å²) in [7, 11) is 0. The number of ketones is 1. The lowest BCUT2D eigenvalue weighted by molar-refractivity contribution is -0.174. The van der Waals surface area contributed by atoms with E-state index in [9.17, 15) is 42.6 Å². The molecule has 4 N–H and O–H groups in total. The summed E-state index contributed by atoms with van der Waals surface area (Å²) < 4.78 is 45.7. The monoisotopic (exact) mass is 550 g/mol. The molecule has 0 aliphatic heterocycles. The van der Waals surface area contributed by atoms with Gasteiger partial charge in [-0.1, -0.05) is 44.2 Å². The third-order valence-corrected chi connectivity index (χ3v) is 5.59. The zero-order valence-corrected chi connectivity index (χ0v) is 20.7. The second kappa shape index (κ2) is 11.8. The Morgan fingerprint density at radius 3 is 2.13 bits per heavy atom. The molecule has 0 spiro atoms. The molecule has 1 unspecified atom stereocenters. The van der Waals surface area contributed by atoms with Crippen LogP contribution in [0.3, 0.4) is 0 Å². The largest absolute Gasteiger partial charge is 0.494 e. The van der Waals surface area contributed by atoms with E-state index in [1.807, 2.05) is 0 Å². The quantitative estimate of drug-likeness (QED) is 0.319. The minimum Gasteiger partial charge on any atom is -0.494 e. The van der Waals surface area contributed by atoms with Gasteiger partial charge in [-0.3, -0.25) is 24.3 Å². The predicted molar refractivity (Wildman–Crippen MR) is 132 cm³/mol.